The van der Waals surface area contributed by atoms with Crippen LogP contribution in [0.15, 0.2) is 24.3 Å². The average Bonchev–Trinajstić information content (AvgIpc) is 2.04. The lowest BCUT2D eigenvalue weighted by molar-refractivity contribution is 1.15. The highest BCUT2D eigenvalue weighted by atomic mass is 127. The Hall–Kier alpha value is 0.457. The van der Waals surface area contributed by atoms with Crippen LogP contribution >= 0.6 is 32.9 Å². The topological polar surface area (TPSA) is 0 Å². The van der Waals surface area contributed by atoms with E-state index in [9.17, 15) is 0 Å². The van der Waals surface area contributed by atoms with Gasteiger partial charge >= 0.3 is 0 Å². The van der Waals surface area contributed by atoms with Crippen molar-refractivity contribution in [1.29, 1.82) is 0 Å². The van der Waals surface area contributed by atoms with Crippen LogP contribution in [0, 0.1) is 0 Å². The highest BCUT2D eigenvalue weighted by molar-refractivity contribution is 14.1. The van der Waals surface area contributed by atoms with E-state index in [2.05, 4.69) is 53.0 Å². The molecule has 0 nitrogen and oxygen atoms in total. The molecule has 0 aliphatic heterocycles. The maximum absolute atomic E-state index is 6.11. The predicted molar refractivity (Wildman–Crippen MR) is 62.5 cm³/mol. The van der Waals surface area contributed by atoms with Crippen molar-refractivity contribution < 1.29 is 0 Å². The highest BCUT2D eigenvalue weighted by Crippen LogP contribution is 2.06. The maximum atomic E-state index is 6.11. The summed E-state index contributed by atoms with van der Waals surface area (Å²) in [5.74, 6) is 0. The molecule has 60 valence electrons. The van der Waals surface area contributed by atoms with Crippen LogP contribution in [-0.4, -0.2) is 5.60 Å². The van der Waals surface area contributed by atoms with Gasteiger partial charge in [0.05, 0.1) is 0 Å². The van der Waals surface area contributed by atoms with Crippen LogP contribution in [0.5, 0.6) is 0 Å². The van der Waals surface area contributed by atoms with Gasteiger partial charge in [-0.15, -0.1) is 0 Å². The molecule has 1 aromatic carbocycles. The molecule has 0 N–H and O–H groups in total. The van der Waals surface area contributed by atoms with E-state index in [0.717, 1.165) is 6.42 Å². The fourth-order valence-corrected chi connectivity index (χ4v) is 4.37. The molecular formula is C8H10ClISi. The third-order valence-corrected chi connectivity index (χ3v) is 5.42. The summed E-state index contributed by atoms with van der Waals surface area (Å²) < 4.78 is 0. The largest absolute Gasteiger partial charge is 0.236 e. The van der Waals surface area contributed by atoms with Crippen LogP contribution in [-0.2, 0) is 6.42 Å². The molecule has 0 saturated heterocycles. The van der Waals surface area contributed by atoms with E-state index >= 15 is 0 Å². The Balaban J connectivity index is 3.02. The minimum atomic E-state index is -1.14. The summed E-state index contributed by atoms with van der Waals surface area (Å²) in [5, 5.41) is 1.39. The molecule has 1 rings (SSSR count). The summed E-state index contributed by atoms with van der Waals surface area (Å²) in [6, 6.07) is 8.45. The Morgan fingerprint density at radius 1 is 1.45 bits per heavy atom. The van der Waals surface area contributed by atoms with Gasteiger partial charge in [-0.25, -0.2) is 0 Å². The maximum Gasteiger partial charge on any atom is 0.236 e. The summed E-state index contributed by atoms with van der Waals surface area (Å²) in [6.07, 6.45) is 1.09. The van der Waals surface area contributed by atoms with E-state index in [-0.39, 0.29) is 0 Å². The zero-order valence-corrected chi connectivity index (χ0v) is 10.4. The lowest BCUT2D eigenvalue weighted by Gasteiger charge is -2.05. The molecule has 1 atom stereocenters. The molecule has 0 aromatic heterocycles. The fraction of sp³-hybridized carbons (Fsp3) is 0.250. The van der Waals surface area contributed by atoms with Gasteiger partial charge in [0.15, 0.2) is 0 Å². The molecule has 0 aliphatic rings. The monoisotopic (exact) mass is 296 g/mol. The Bertz CT molecular complexity index is 237. The Kier molecular flexibility index (Phi) is 3.88. The van der Waals surface area contributed by atoms with Gasteiger partial charge in [0.1, 0.15) is 0 Å². The number of benzene rings is 1. The molecule has 0 saturated carbocycles. The summed E-state index contributed by atoms with van der Waals surface area (Å²) in [4.78, 5) is 0. The highest BCUT2D eigenvalue weighted by Gasteiger charge is 2.08. The average molecular weight is 297 g/mol. The van der Waals surface area contributed by atoms with Gasteiger partial charge in [-0.2, -0.15) is 11.1 Å². The third kappa shape index (κ3) is 2.45. The van der Waals surface area contributed by atoms with Crippen LogP contribution in [0.3, 0.4) is 0 Å². The van der Waals surface area contributed by atoms with Gasteiger partial charge in [-0.05, 0) is 17.2 Å². The molecule has 1 unspecified atom stereocenters. The second kappa shape index (κ2) is 4.47. The smallest absolute Gasteiger partial charge is 0.152 e. The van der Waals surface area contributed by atoms with Crippen LogP contribution in [0.1, 0.15) is 12.5 Å². The van der Waals surface area contributed by atoms with Gasteiger partial charge in [-0.3, -0.25) is 0 Å². The van der Waals surface area contributed by atoms with Gasteiger partial charge in [-0.1, -0.05) is 53.0 Å². The van der Waals surface area contributed by atoms with Crippen LogP contribution in [0.25, 0.3) is 0 Å². The van der Waals surface area contributed by atoms with Crippen LogP contribution < -0.4 is 5.19 Å². The Labute approximate surface area is 86.5 Å². The zero-order valence-electron chi connectivity index (χ0n) is 6.35. The van der Waals surface area contributed by atoms with Crippen molar-refractivity contribution in [2.75, 3.05) is 0 Å². The molecule has 0 amide bonds. The van der Waals surface area contributed by atoms with Crippen molar-refractivity contribution in [3.63, 3.8) is 0 Å². The lowest BCUT2D eigenvalue weighted by atomic mass is 10.2. The number of hydrogen-bond donors (Lipinski definition) is 0. The molecule has 0 radical (unpaired) electrons. The molecular weight excluding hydrogens is 287 g/mol. The van der Waals surface area contributed by atoms with E-state index in [0.29, 0.717) is 0 Å². The van der Waals surface area contributed by atoms with Crippen molar-refractivity contribution >= 4 is 43.7 Å². The van der Waals surface area contributed by atoms with Gasteiger partial charge in [0, 0.05) is 0 Å². The zero-order chi connectivity index (χ0) is 8.27. The molecule has 3 heteroatoms. The summed E-state index contributed by atoms with van der Waals surface area (Å²) in [7, 11) is 0. The normalized spacial score (nSPS) is 13.0. The lowest BCUT2D eigenvalue weighted by Crippen LogP contribution is -2.21. The van der Waals surface area contributed by atoms with E-state index in [1.807, 2.05) is 0 Å². The number of rotatable bonds is 2. The molecule has 1 aromatic rings. The van der Waals surface area contributed by atoms with E-state index in [1.165, 1.54) is 10.8 Å². The Morgan fingerprint density at radius 3 is 2.55 bits per heavy atom. The molecule has 0 aliphatic carbocycles. The standard InChI is InChI=1S/C8H10ClISi/c1-2-7-5-3-4-6-8(7)11(9)10/h3-6,11H,2H2,1H3. The van der Waals surface area contributed by atoms with Crippen molar-refractivity contribution in [3.8, 4) is 0 Å². The second-order valence-electron chi connectivity index (χ2n) is 2.35. The number of aryl methyl sites for hydroxylation is 1. The van der Waals surface area contributed by atoms with Gasteiger partial charge in [0.2, 0.25) is 5.60 Å². The molecule has 11 heavy (non-hydrogen) atoms. The van der Waals surface area contributed by atoms with Gasteiger partial charge in [0.25, 0.3) is 0 Å². The van der Waals surface area contributed by atoms with Crippen molar-refractivity contribution in [2.45, 2.75) is 13.3 Å². The summed E-state index contributed by atoms with van der Waals surface area (Å²) >= 11 is 8.47. The van der Waals surface area contributed by atoms with Crippen LogP contribution in [0.4, 0.5) is 0 Å². The minimum absolute atomic E-state index is 1.09. The van der Waals surface area contributed by atoms with Crippen molar-refractivity contribution in [3.05, 3.63) is 29.8 Å². The fourth-order valence-electron chi connectivity index (χ4n) is 1.07. The van der Waals surface area contributed by atoms with Gasteiger partial charge < -0.3 is 0 Å². The Morgan fingerprint density at radius 2 is 2.09 bits per heavy atom. The minimum Gasteiger partial charge on any atom is -0.152 e. The van der Waals surface area contributed by atoms with Crippen molar-refractivity contribution in [2.24, 2.45) is 0 Å². The number of halogens is 2. The van der Waals surface area contributed by atoms with Crippen LogP contribution in [0.2, 0.25) is 0 Å². The summed E-state index contributed by atoms with van der Waals surface area (Å²) in [6.45, 7) is 2.17. The first kappa shape index (κ1) is 9.54. The molecule has 0 heterocycles. The first-order chi connectivity index (χ1) is 5.25. The van der Waals surface area contributed by atoms with E-state index in [1.54, 1.807) is 0 Å². The first-order valence-electron chi connectivity index (χ1n) is 3.61. The van der Waals surface area contributed by atoms with E-state index < -0.39 is 5.60 Å². The first-order valence-corrected chi connectivity index (χ1v) is 10.1. The van der Waals surface area contributed by atoms with E-state index in [4.69, 9.17) is 11.1 Å². The van der Waals surface area contributed by atoms with Crippen molar-refractivity contribution in [1.82, 2.24) is 0 Å². The second-order valence-corrected chi connectivity index (χ2v) is 10.8. The molecule has 0 bridgehead atoms. The third-order valence-electron chi connectivity index (χ3n) is 1.67. The molecule has 0 fully saturated rings. The predicted octanol–water partition coefficient (Wildman–Crippen LogP) is 2.35. The number of hydrogen-bond acceptors (Lipinski definition) is 0. The molecule has 0 spiro atoms. The quantitative estimate of drug-likeness (QED) is 0.446. The summed E-state index contributed by atoms with van der Waals surface area (Å²) in [5.41, 5.74) is 0.267. The SMILES string of the molecule is CCc1ccccc1[SiH](Cl)I.